The second kappa shape index (κ2) is 4.72. The highest BCUT2D eigenvalue weighted by atomic mass is 32.1. The summed E-state index contributed by atoms with van der Waals surface area (Å²) in [6.45, 7) is 4.84. The molecule has 1 aliphatic heterocycles. The van der Waals surface area contributed by atoms with E-state index in [0.29, 0.717) is 0 Å². The monoisotopic (exact) mass is 248 g/mol. The molecule has 1 fully saturated rings. The summed E-state index contributed by atoms with van der Waals surface area (Å²) in [4.78, 5) is 4.66. The molecule has 0 radical (unpaired) electrons. The fourth-order valence-electron chi connectivity index (χ4n) is 2.11. The maximum atomic E-state index is 5.71. The lowest BCUT2D eigenvalue weighted by molar-refractivity contribution is 0.0292. The summed E-state index contributed by atoms with van der Waals surface area (Å²) in [5.41, 5.74) is 2.41. The molecular formula is C13H16N2OS. The van der Waals surface area contributed by atoms with Crippen molar-refractivity contribution in [2.45, 2.75) is 19.4 Å². The molecule has 2 heterocycles. The van der Waals surface area contributed by atoms with Crippen molar-refractivity contribution in [2.24, 2.45) is 0 Å². The van der Waals surface area contributed by atoms with Crippen molar-refractivity contribution in [3.05, 3.63) is 28.8 Å². The third-order valence-corrected chi connectivity index (χ3v) is 4.04. The van der Waals surface area contributed by atoms with Crippen LogP contribution in [0.3, 0.4) is 0 Å². The Hall–Kier alpha value is -0.970. The molecule has 0 spiro atoms. The molecule has 1 N–H and O–H groups in total. The first kappa shape index (κ1) is 11.1. The fourth-order valence-corrected chi connectivity index (χ4v) is 3.24. The van der Waals surface area contributed by atoms with Gasteiger partial charge in [-0.3, -0.25) is 0 Å². The van der Waals surface area contributed by atoms with E-state index >= 15 is 0 Å². The van der Waals surface area contributed by atoms with Crippen LogP contribution in [-0.2, 0) is 11.2 Å². The zero-order valence-corrected chi connectivity index (χ0v) is 10.7. The minimum absolute atomic E-state index is 0.283. The van der Waals surface area contributed by atoms with E-state index in [0.717, 1.165) is 31.6 Å². The van der Waals surface area contributed by atoms with Gasteiger partial charge in [-0.15, -0.1) is 11.3 Å². The highest BCUT2D eigenvalue weighted by Gasteiger charge is 2.16. The van der Waals surface area contributed by atoms with Gasteiger partial charge in [0.25, 0.3) is 0 Å². The number of hydrogen-bond acceptors (Lipinski definition) is 4. The van der Waals surface area contributed by atoms with Crippen molar-refractivity contribution in [2.75, 3.05) is 19.7 Å². The molecule has 1 aromatic carbocycles. The summed E-state index contributed by atoms with van der Waals surface area (Å²) >= 11 is 1.79. The molecular weight excluding hydrogens is 232 g/mol. The van der Waals surface area contributed by atoms with E-state index in [-0.39, 0.29) is 6.10 Å². The Labute approximate surface area is 105 Å². The minimum atomic E-state index is 0.283. The van der Waals surface area contributed by atoms with Gasteiger partial charge >= 0.3 is 0 Å². The third-order valence-electron chi connectivity index (χ3n) is 2.99. The fraction of sp³-hybridized carbons (Fsp3) is 0.462. The van der Waals surface area contributed by atoms with E-state index in [2.05, 4.69) is 35.4 Å². The van der Waals surface area contributed by atoms with E-state index in [1.165, 1.54) is 15.3 Å². The number of benzene rings is 1. The maximum Gasteiger partial charge on any atom is 0.0964 e. The van der Waals surface area contributed by atoms with Crippen LogP contribution in [0, 0.1) is 6.92 Å². The molecule has 0 saturated carbocycles. The number of nitrogens with one attached hydrogen (secondary N) is 1. The predicted molar refractivity (Wildman–Crippen MR) is 70.7 cm³/mol. The van der Waals surface area contributed by atoms with Crippen molar-refractivity contribution >= 4 is 21.6 Å². The molecule has 0 aliphatic carbocycles. The summed E-state index contributed by atoms with van der Waals surface area (Å²) in [6.07, 6.45) is 1.20. The SMILES string of the molecule is Cc1ccc2nc(CC3CNCCO3)sc2c1. The lowest BCUT2D eigenvalue weighted by Crippen LogP contribution is -2.39. The number of hydrogen-bond donors (Lipinski definition) is 1. The third kappa shape index (κ3) is 2.49. The van der Waals surface area contributed by atoms with E-state index in [1.807, 2.05) is 0 Å². The first-order valence-corrected chi connectivity index (χ1v) is 6.81. The lowest BCUT2D eigenvalue weighted by Gasteiger charge is -2.22. The molecule has 1 aromatic heterocycles. The molecule has 2 aromatic rings. The number of aryl methyl sites for hydroxylation is 1. The van der Waals surface area contributed by atoms with Gasteiger partial charge in [0.1, 0.15) is 0 Å². The Morgan fingerprint density at radius 3 is 3.29 bits per heavy atom. The molecule has 4 heteroatoms. The van der Waals surface area contributed by atoms with Gasteiger partial charge in [-0.1, -0.05) is 6.07 Å². The summed E-state index contributed by atoms with van der Waals surface area (Å²) in [5, 5.41) is 4.53. The van der Waals surface area contributed by atoms with Crippen LogP contribution in [0.2, 0.25) is 0 Å². The van der Waals surface area contributed by atoms with Crippen LogP contribution < -0.4 is 5.32 Å². The van der Waals surface area contributed by atoms with Gasteiger partial charge in [-0.2, -0.15) is 0 Å². The standard InChI is InChI=1S/C13H16N2OS/c1-9-2-3-11-12(6-9)17-13(15-11)7-10-8-14-4-5-16-10/h2-3,6,10,14H,4-5,7-8H2,1H3. The van der Waals surface area contributed by atoms with Crippen LogP contribution in [0.25, 0.3) is 10.2 Å². The van der Waals surface area contributed by atoms with Gasteiger partial charge in [0, 0.05) is 19.5 Å². The Balaban J connectivity index is 1.80. The van der Waals surface area contributed by atoms with Gasteiger partial charge < -0.3 is 10.1 Å². The molecule has 0 bridgehead atoms. The van der Waals surface area contributed by atoms with Crippen LogP contribution in [-0.4, -0.2) is 30.8 Å². The maximum absolute atomic E-state index is 5.71. The van der Waals surface area contributed by atoms with E-state index in [1.54, 1.807) is 11.3 Å². The van der Waals surface area contributed by atoms with Gasteiger partial charge in [0.15, 0.2) is 0 Å². The molecule has 17 heavy (non-hydrogen) atoms. The number of rotatable bonds is 2. The van der Waals surface area contributed by atoms with Crippen molar-refractivity contribution in [1.29, 1.82) is 0 Å². The zero-order valence-electron chi connectivity index (χ0n) is 9.90. The quantitative estimate of drug-likeness (QED) is 0.884. The normalized spacial score (nSPS) is 20.9. The second-order valence-corrected chi connectivity index (χ2v) is 5.60. The van der Waals surface area contributed by atoms with E-state index in [9.17, 15) is 0 Å². The molecule has 3 rings (SSSR count). The highest BCUT2D eigenvalue weighted by Crippen LogP contribution is 2.24. The van der Waals surface area contributed by atoms with Crippen molar-refractivity contribution < 1.29 is 4.74 Å². The lowest BCUT2D eigenvalue weighted by atomic mass is 10.2. The molecule has 3 nitrogen and oxygen atoms in total. The van der Waals surface area contributed by atoms with Crippen molar-refractivity contribution in [3.63, 3.8) is 0 Å². The summed E-state index contributed by atoms with van der Waals surface area (Å²) in [6, 6.07) is 6.42. The van der Waals surface area contributed by atoms with Crippen LogP contribution >= 0.6 is 11.3 Å². The Morgan fingerprint density at radius 1 is 1.53 bits per heavy atom. The Morgan fingerprint density at radius 2 is 2.47 bits per heavy atom. The number of thiazole rings is 1. The van der Waals surface area contributed by atoms with Crippen LogP contribution in [0.1, 0.15) is 10.6 Å². The van der Waals surface area contributed by atoms with Crippen LogP contribution in [0.5, 0.6) is 0 Å². The summed E-state index contributed by atoms with van der Waals surface area (Å²) in [5.74, 6) is 0. The molecule has 0 amide bonds. The van der Waals surface area contributed by atoms with E-state index < -0.39 is 0 Å². The second-order valence-electron chi connectivity index (χ2n) is 4.48. The Kier molecular flexibility index (Phi) is 3.09. The minimum Gasteiger partial charge on any atom is -0.375 e. The molecule has 1 unspecified atom stereocenters. The smallest absolute Gasteiger partial charge is 0.0964 e. The van der Waals surface area contributed by atoms with Crippen LogP contribution in [0.15, 0.2) is 18.2 Å². The summed E-state index contributed by atoms with van der Waals surface area (Å²) in [7, 11) is 0. The number of aromatic nitrogens is 1. The average molecular weight is 248 g/mol. The van der Waals surface area contributed by atoms with Gasteiger partial charge in [-0.05, 0) is 24.6 Å². The number of morpholine rings is 1. The van der Waals surface area contributed by atoms with Crippen molar-refractivity contribution in [1.82, 2.24) is 10.3 Å². The molecule has 90 valence electrons. The topological polar surface area (TPSA) is 34.2 Å². The number of nitrogens with zero attached hydrogens (tertiary/aromatic N) is 1. The predicted octanol–water partition coefficient (Wildman–Crippen LogP) is 2.14. The van der Waals surface area contributed by atoms with Crippen LogP contribution in [0.4, 0.5) is 0 Å². The average Bonchev–Trinajstić information content (AvgIpc) is 2.71. The molecule has 1 saturated heterocycles. The Bertz CT molecular complexity index is 517. The highest BCUT2D eigenvalue weighted by molar-refractivity contribution is 7.18. The molecule has 1 aliphatic rings. The van der Waals surface area contributed by atoms with Gasteiger partial charge in [0.05, 0.1) is 27.9 Å². The first-order valence-electron chi connectivity index (χ1n) is 6.00. The summed E-state index contributed by atoms with van der Waals surface area (Å²) < 4.78 is 6.99. The van der Waals surface area contributed by atoms with Gasteiger partial charge in [0.2, 0.25) is 0 Å². The number of fused-ring (bicyclic) bond motifs is 1. The van der Waals surface area contributed by atoms with Crippen molar-refractivity contribution in [3.8, 4) is 0 Å². The first-order chi connectivity index (χ1) is 8.31. The number of ether oxygens (including phenoxy) is 1. The molecule has 1 atom stereocenters. The zero-order chi connectivity index (χ0) is 11.7. The largest absolute Gasteiger partial charge is 0.375 e. The van der Waals surface area contributed by atoms with E-state index in [4.69, 9.17) is 4.74 Å². The van der Waals surface area contributed by atoms with Gasteiger partial charge in [-0.25, -0.2) is 4.98 Å².